The van der Waals surface area contributed by atoms with E-state index in [2.05, 4.69) is 5.32 Å². The van der Waals surface area contributed by atoms with Crippen LogP contribution in [0.5, 0.6) is 0 Å². The van der Waals surface area contributed by atoms with Crippen LogP contribution in [0.25, 0.3) is 16.9 Å². The van der Waals surface area contributed by atoms with Crippen LogP contribution in [0.3, 0.4) is 0 Å². The normalized spacial score (nSPS) is 11.0. The van der Waals surface area contributed by atoms with Crippen molar-refractivity contribution in [3.05, 3.63) is 94.3 Å². The molecule has 140 valence electrons. The number of imidazole rings is 1. The third-order valence-electron chi connectivity index (χ3n) is 4.70. The molecule has 0 aliphatic rings. The lowest BCUT2D eigenvalue weighted by atomic mass is 10.1. The van der Waals surface area contributed by atoms with Gasteiger partial charge in [-0.05, 0) is 37.1 Å². The zero-order valence-electron chi connectivity index (χ0n) is 15.7. The lowest BCUT2D eigenvalue weighted by Gasteiger charge is -2.09. The number of rotatable bonds is 4. The van der Waals surface area contributed by atoms with E-state index >= 15 is 0 Å². The summed E-state index contributed by atoms with van der Waals surface area (Å²) in [5, 5.41) is 3.63. The molecule has 0 radical (unpaired) electrons. The van der Waals surface area contributed by atoms with Crippen molar-refractivity contribution in [1.29, 1.82) is 0 Å². The van der Waals surface area contributed by atoms with Crippen LogP contribution in [-0.2, 0) is 6.54 Å². The number of nitrogens with one attached hydrogen (secondary N) is 1. The molecule has 4 aromatic rings. The largest absolute Gasteiger partial charge is 0.347 e. The molecule has 0 atom stereocenters. The minimum absolute atomic E-state index is 0.186. The second-order valence-corrected chi connectivity index (χ2v) is 7.29. The molecule has 0 unspecified atom stereocenters. The summed E-state index contributed by atoms with van der Waals surface area (Å²) in [7, 11) is 0. The van der Waals surface area contributed by atoms with Crippen molar-refractivity contribution in [1.82, 2.24) is 14.7 Å². The number of carbonyl (C=O) groups excluding carboxylic acids is 1. The molecular formula is C23H20ClN3O. The molecule has 2 aromatic heterocycles. The number of halogens is 1. The van der Waals surface area contributed by atoms with E-state index in [1.165, 1.54) is 0 Å². The van der Waals surface area contributed by atoms with Crippen LogP contribution in [0.2, 0.25) is 5.02 Å². The van der Waals surface area contributed by atoms with E-state index in [4.69, 9.17) is 16.6 Å². The standard InChI is InChI=1S/C23H20ClN3O/c1-15-7-10-17(11-8-15)21-22(27-14-16(2)9-12-20(27)26-21)23(28)25-13-18-5-3-4-6-19(18)24/h3-12,14H,13H2,1-2H3,(H,25,28). The van der Waals surface area contributed by atoms with Crippen LogP contribution < -0.4 is 5.32 Å². The first-order chi connectivity index (χ1) is 13.5. The van der Waals surface area contributed by atoms with E-state index in [-0.39, 0.29) is 5.91 Å². The molecule has 2 heterocycles. The molecule has 0 saturated carbocycles. The highest BCUT2D eigenvalue weighted by atomic mass is 35.5. The number of aromatic nitrogens is 2. The molecule has 2 aromatic carbocycles. The topological polar surface area (TPSA) is 46.4 Å². The molecule has 0 saturated heterocycles. The Balaban J connectivity index is 1.76. The monoisotopic (exact) mass is 389 g/mol. The smallest absolute Gasteiger partial charge is 0.270 e. The number of nitrogens with zero attached hydrogens (tertiary/aromatic N) is 2. The maximum absolute atomic E-state index is 13.2. The zero-order chi connectivity index (χ0) is 19.7. The van der Waals surface area contributed by atoms with Crippen molar-refractivity contribution in [2.75, 3.05) is 0 Å². The molecule has 0 fully saturated rings. The number of aryl methyl sites for hydroxylation is 2. The molecule has 5 heteroatoms. The predicted octanol–water partition coefficient (Wildman–Crippen LogP) is 5.20. The van der Waals surface area contributed by atoms with Gasteiger partial charge in [-0.15, -0.1) is 0 Å². The highest BCUT2D eigenvalue weighted by molar-refractivity contribution is 6.31. The third kappa shape index (κ3) is 3.51. The molecule has 4 nitrogen and oxygen atoms in total. The first-order valence-corrected chi connectivity index (χ1v) is 9.48. The van der Waals surface area contributed by atoms with E-state index < -0.39 is 0 Å². The molecule has 1 N–H and O–H groups in total. The Bertz CT molecular complexity index is 1160. The van der Waals surface area contributed by atoms with Gasteiger partial charge in [0.2, 0.25) is 0 Å². The number of carbonyl (C=O) groups is 1. The molecule has 0 bridgehead atoms. The second kappa shape index (κ2) is 7.49. The number of hydrogen-bond donors (Lipinski definition) is 1. The SMILES string of the molecule is Cc1ccc(-c2nc3ccc(C)cn3c2C(=O)NCc2ccccc2Cl)cc1. The molecule has 28 heavy (non-hydrogen) atoms. The van der Waals surface area contributed by atoms with Gasteiger partial charge in [-0.3, -0.25) is 9.20 Å². The van der Waals surface area contributed by atoms with Crippen LogP contribution >= 0.6 is 11.6 Å². The molecule has 4 rings (SSSR count). The minimum Gasteiger partial charge on any atom is -0.347 e. The summed E-state index contributed by atoms with van der Waals surface area (Å²) in [5.74, 6) is -0.186. The molecular weight excluding hydrogens is 370 g/mol. The summed E-state index contributed by atoms with van der Waals surface area (Å²) < 4.78 is 1.85. The van der Waals surface area contributed by atoms with E-state index in [0.29, 0.717) is 23.0 Å². The lowest BCUT2D eigenvalue weighted by molar-refractivity contribution is 0.0946. The number of fused-ring (bicyclic) bond motifs is 1. The first-order valence-electron chi connectivity index (χ1n) is 9.10. The van der Waals surface area contributed by atoms with Crippen LogP contribution in [0.4, 0.5) is 0 Å². The van der Waals surface area contributed by atoms with Crippen molar-refractivity contribution in [2.45, 2.75) is 20.4 Å². The van der Waals surface area contributed by atoms with E-state index in [1.807, 2.05) is 85.1 Å². The Morgan fingerprint density at radius 1 is 1.00 bits per heavy atom. The lowest BCUT2D eigenvalue weighted by Crippen LogP contribution is -2.25. The quantitative estimate of drug-likeness (QED) is 0.521. The van der Waals surface area contributed by atoms with E-state index in [1.54, 1.807) is 0 Å². The summed E-state index contributed by atoms with van der Waals surface area (Å²) in [6, 6.07) is 19.5. The Morgan fingerprint density at radius 3 is 2.46 bits per heavy atom. The number of benzene rings is 2. The maximum Gasteiger partial charge on any atom is 0.270 e. The molecule has 0 aliphatic carbocycles. The van der Waals surface area contributed by atoms with Crippen LogP contribution in [0.1, 0.15) is 27.2 Å². The summed E-state index contributed by atoms with van der Waals surface area (Å²) in [6.07, 6.45) is 1.93. The molecule has 0 aliphatic heterocycles. The Morgan fingerprint density at radius 2 is 1.71 bits per heavy atom. The second-order valence-electron chi connectivity index (χ2n) is 6.88. The Labute approximate surface area is 168 Å². The van der Waals surface area contributed by atoms with Crippen molar-refractivity contribution >= 4 is 23.2 Å². The first kappa shape index (κ1) is 18.3. The fourth-order valence-corrected chi connectivity index (χ4v) is 3.38. The third-order valence-corrected chi connectivity index (χ3v) is 5.07. The number of amides is 1. The van der Waals surface area contributed by atoms with Gasteiger partial charge in [-0.25, -0.2) is 4.98 Å². The van der Waals surface area contributed by atoms with Crippen molar-refractivity contribution in [3.63, 3.8) is 0 Å². The zero-order valence-corrected chi connectivity index (χ0v) is 16.5. The van der Waals surface area contributed by atoms with Crippen molar-refractivity contribution < 1.29 is 4.79 Å². The minimum atomic E-state index is -0.186. The van der Waals surface area contributed by atoms with Gasteiger partial charge in [0.1, 0.15) is 17.0 Å². The summed E-state index contributed by atoms with van der Waals surface area (Å²) in [5.41, 5.74) is 5.93. The molecule has 0 spiro atoms. The highest BCUT2D eigenvalue weighted by Crippen LogP contribution is 2.26. The van der Waals surface area contributed by atoms with Crippen molar-refractivity contribution in [3.8, 4) is 11.3 Å². The van der Waals surface area contributed by atoms with Crippen molar-refractivity contribution in [2.24, 2.45) is 0 Å². The predicted molar refractivity (Wildman–Crippen MR) is 113 cm³/mol. The average Bonchev–Trinajstić information content (AvgIpc) is 3.06. The highest BCUT2D eigenvalue weighted by Gasteiger charge is 2.20. The number of pyridine rings is 1. The van der Waals surface area contributed by atoms with Gasteiger partial charge in [0.15, 0.2) is 0 Å². The van der Waals surface area contributed by atoms with Gasteiger partial charge in [0, 0.05) is 23.3 Å². The van der Waals surface area contributed by atoms with E-state index in [9.17, 15) is 4.79 Å². The van der Waals surface area contributed by atoms with Gasteiger partial charge in [0.25, 0.3) is 5.91 Å². The van der Waals surface area contributed by atoms with Crippen LogP contribution in [0, 0.1) is 13.8 Å². The summed E-state index contributed by atoms with van der Waals surface area (Å²) in [6.45, 7) is 4.38. The van der Waals surface area contributed by atoms with E-state index in [0.717, 1.165) is 27.9 Å². The Kier molecular flexibility index (Phi) is 4.88. The molecule has 1 amide bonds. The summed E-state index contributed by atoms with van der Waals surface area (Å²) >= 11 is 6.22. The fourth-order valence-electron chi connectivity index (χ4n) is 3.18. The number of hydrogen-bond acceptors (Lipinski definition) is 2. The van der Waals surface area contributed by atoms with Crippen LogP contribution in [-0.4, -0.2) is 15.3 Å². The Hall–Kier alpha value is -3.11. The van der Waals surface area contributed by atoms with Gasteiger partial charge >= 0.3 is 0 Å². The summed E-state index contributed by atoms with van der Waals surface area (Å²) in [4.78, 5) is 17.9. The van der Waals surface area contributed by atoms with Gasteiger partial charge in [-0.1, -0.05) is 65.7 Å². The van der Waals surface area contributed by atoms with Gasteiger partial charge in [0.05, 0.1) is 0 Å². The average molecular weight is 390 g/mol. The van der Waals surface area contributed by atoms with Crippen LogP contribution in [0.15, 0.2) is 66.9 Å². The maximum atomic E-state index is 13.2. The fraction of sp³-hybridized carbons (Fsp3) is 0.130. The van der Waals surface area contributed by atoms with Gasteiger partial charge < -0.3 is 5.32 Å². The van der Waals surface area contributed by atoms with Gasteiger partial charge in [-0.2, -0.15) is 0 Å².